The minimum atomic E-state index is -0.127. The van der Waals surface area contributed by atoms with Crippen LogP contribution in [0.15, 0.2) is 28.6 Å². The topological polar surface area (TPSA) is 96.4 Å². The molecule has 9 nitrogen and oxygen atoms in total. The summed E-state index contributed by atoms with van der Waals surface area (Å²) in [4.78, 5) is 16.6. The van der Waals surface area contributed by atoms with Crippen molar-refractivity contribution in [3.8, 4) is 5.75 Å². The molecule has 1 N–H and O–H groups in total. The number of methoxy groups -OCH3 is 1. The van der Waals surface area contributed by atoms with Crippen LogP contribution in [-0.2, 0) is 4.79 Å². The maximum absolute atomic E-state index is 12.1. The van der Waals surface area contributed by atoms with E-state index < -0.39 is 0 Å². The number of amides is 1. The molecule has 0 aliphatic carbocycles. The maximum Gasteiger partial charge on any atom is 0.236 e. The molecule has 158 valence electrons. The van der Waals surface area contributed by atoms with Crippen LogP contribution in [-0.4, -0.2) is 65.3 Å². The van der Waals surface area contributed by atoms with Crippen molar-refractivity contribution in [1.29, 1.82) is 0 Å². The highest BCUT2D eigenvalue weighted by molar-refractivity contribution is 8.01. The molecule has 3 aromatic rings. The summed E-state index contributed by atoms with van der Waals surface area (Å²) in [6, 6.07) is 8.08. The number of hydrogen-bond donors (Lipinski definition) is 1. The van der Waals surface area contributed by atoms with Gasteiger partial charge in [0.05, 0.1) is 18.6 Å². The van der Waals surface area contributed by atoms with Gasteiger partial charge in [0.2, 0.25) is 16.2 Å². The Morgan fingerprint density at radius 3 is 2.60 bits per heavy atom. The number of piperazine rings is 1. The molecular weight excluding hydrogens is 442 g/mol. The molecule has 1 aliphatic heterocycles. The quantitative estimate of drug-likeness (QED) is 0.531. The molecule has 0 saturated carbocycles. The van der Waals surface area contributed by atoms with Crippen LogP contribution in [0.2, 0.25) is 0 Å². The first kappa shape index (κ1) is 20.8. The van der Waals surface area contributed by atoms with E-state index in [4.69, 9.17) is 4.74 Å². The molecule has 30 heavy (non-hydrogen) atoms. The number of carbonyl (C=O) groups is 1. The van der Waals surface area contributed by atoms with Crippen LogP contribution in [0.25, 0.3) is 0 Å². The molecule has 12 heteroatoms. The van der Waals surface area contributed by atoms with Gasteiger partial charge in [0, 0.05) is 26.2 Å². The zero-order valence-corrected chi connectivity index (χ0v) is 19.0. The van der Waals surface area contributed by atoms with E-state index in [1.807, 2.05) is 25.1 Å². The lowest BCUT2D eigenvalue weighted by Crippen LogP contribution is -2.46. The Labute approximate surface area is 186 Å². The fourth-order valence-electron chi connectivity index (χ4n) is 3.05. The van der Waals surface area contributed by atoms with E-state index in [0.29, 0.717) is 5.13 Å². The minimum absolute atomic E-state index is 0.127. The normalized spacial score (nSPS) is 14.1. The second-order valence-electron chi connectivity index (χ2n) is 6.46. The summed E-state index contributed by atoms with van der Waals surface area (Å²) in [5.74, 6) is 1.02. The van der Waals surface area contributed by atoms with Gasteiger partial charge in [-0.15, -0.1) is 20.4 Å². The number of anilines is 3. The van der Waals surface area contributed by atoms with Crippen molar-refractivity contribution in [2.75, 3.05) is 54.2 Å². The lowest BCUT2D eigenvalue weighted by Gasteiger charge is -2.36. The summed E-state index contributed by atoms with van der Waals surface area (Å²) in [5.41, 5.74) is 1.12. The van der Waals surface area contributed by atoms with Crippen LogP contribution in [0, 0.1) is 6.92 Å². The average molecular weight is 464 g/mol. The molecule has 0 atom stereocenters. The van der Waals surface area contributed by atoms with Gasteiger partial charge < -0.3 is 14.5 Å². The number of thioether (sulfide) groups is 1. The van der Waals surface area contributed by atoms with Crippen molar-refractivity contribution >= 4 is 56.3 Å². The summed E-state index contributed by atoms with van der Waals surface area (Å²) in [7, 11) is 1.70. The molecule has 1 amide bonds. The molecule has 0 spiro atoms. The van der Waals surface area contributed by atoms with Gasteiger partial charge in [-0.05, 0) is 19.1 Å². The SMILES string of the molecule is COc1ccccc1N1CCN(c2nnc(SCC(=O)Nc3nnc(C)s3)s2)CC1. The van der Waals surface area contributed by atoms with E-state index in [-0.39, 0.29) is 11.7 Å². The molecule has 3 heterocycles. The van der Waals surface area contributed by atoms with Gasteiger partial charge in [-0.1, -0.05) is 46.6 Å². The molecule has 2 aromatic heterocycles. The van der Waals surface area contributed by atoms with E-state index in [2.05, 4.69) is 41.6 Å². The van der Waals surface area contributed by atoms with Gasteiger partial charge >= 0.3 is 0 Å². The largest absolute Gasteiger partial charge is 0.495 e. The fraction of sp³-hybridized carbons (Fsp3) is 0.389. The number of aryl methyl sites for hydroxylation is 1. The third-order valence-corrected chi connectivity index (χ3v) is 7.34. The molecule has 1 saturated heterocycles. The van der Waals surface area contributed by atoms with Gasteiger partial charge in [0.15, 0.2) is 4.34 Å². The number of rotatable bonds is 7. The standard InChI is InChI=1S/C18H21N7O2S3/c1-12-20-21-16(29-12)19-15(26)11-28-18-23-22-17(30-18)25-9-7-24(8-10-25)13-5-3-4-6-14(13)27-2/h3-6H,7-11H2,1-2H3,(H,19,21,26). The second kappa shape index (κ2) is 9.58. The molecule has 1 fully saturated rings. The van der Waals surface area contributed by atoms with E-state index >= 15 is 0 Å². The van der Waals surface area contributed by atoms with Crippen LogP contribution >= 0.6 is 34.4 Å². The van der Waals surface area contributed by atoms with Crippen LogP contribution in [0.3, 0.4) is 0 Å². The maximum atomic E-state index is 12.1. The number of carbonyl (C=O) groups excluding carboxylic acids is 1. The van der Waals surface area contributed by atoms with Crippen molar-refractivity contribution in [3.05, 3.63) is 29.3 Å². The Kier molecular flexibility index (Phi) is 6.65. The zero-order valence-electron chi connectivity index (χ0n) is 16.6. The van der Waals surface area contributed by atoms with E-state index in [0.717, 1.165) is 52.1 Å². The monoisotopic (exact) mass is 463 g/mol. The number of aromatic nitrogens is 4. The zero-order chi connectivity index (χ0) is 20.9. The number of hydrogen-bond acceptors (Lipinski definition) is 11. The molecule has 0 bridgehead atoms. The molecule has 1 aliphatic rings. The molecule has 4 rings (SSSR count). The first-order valence-corrected chi connectivity index (χ1v) is 11.9. The summed E-state index contributed by atoms with van der Waals surface area (Å²) in [6.45, 7) is 5.32. The number of nitrogens with zero attached hydrogens (tertiary/aromatic N) is 6. The smallest absolute Gasteiger partial charge is 0.236 e. The molecule has 1 aromatic carbocycles. The average Bonchev–Trinajstić information content (AvgIpc) is 3.41. The van der Waals surface area contributed by atoms with Gasteiger partial charge in [-0.3, -0.25) is 10.1 Å². The predicted octanol–water partition coefficient (Wildman–Crippen LogP) is 2.76. The number of ether oxygens (including phenoxy) is 1. The van der Waals surface area contributed by atoms with Crippen molar-refractivity contribution in [2.24, 2.45) is 0 Å². The highest BCUT2D eigenvalue weighted by Gasteiger charge is 2.22. The predicted molar refractivity (Wildman–Crippen MR) is 121 cm³/mol. The molecule has 0 radical (unpaired) electrons. The highest BCUT2D eigenvalue weighted by atomic mass is 32.2. The van der Waals surface area contributed by atoms with E-state index in [1.165, 1.54) is 34.4 Å². The third kappa shape index (κ3) is 4.99. The summed E-state index contributed by atoms with van der Waals surface area (Å²) >= 11 is 4.25. The fourth-order valence-corrected chi connectivity index (χ4v) is 5.35. The Balaban J connectivity index is 1.28. The Hall–Kier alpha value is -2.44. The molecule has 0 unspecified atom stereocenters. The summed E-state index contributed by atoms with van der Waals surface area (Å²) in [5, 5.41) is 21.3. The van der Waals surface area contributed by atoms with E-state index in [9.17, 15) is 4.79 Å². The van der Waals surface area contributed by atoms with Crippen LogP contribution in [0.4, 0.5) is 16.0 Å². The molecular formula is C18H21N7O2S3. The van der Waals surface area contributed by atoms with E-state index in [1.54, 1.807) is 7.11 Å². The minimum Gasteiger partial charge on any atom is -0.495 e. The third-order valence-electron chi connectivity index (χ3n) is 4.47. The first-order valence-electron chi connectivity index (χ1n) is 9.31. The highest BCUT2D eigenvalue weighted by Crippen LogP contribution is 2.31. The van der Waals surface area contributed by atoms with Gasteiger partial charge in [0.1, 0.15) is 10.8 Å². The first-order chi connectivity index (χ1) is 14.6. The van der Waals surface area contributed by atoms with Gasteiger partial charge in [-0.25, -0.2) is 0 Å². The number of nitrogens with one attached hydrogen (secondary N) is 1. The van der Waals surface area contributed by atoms with Crippen molar-refractivity contribution in [1.82, 2.24) is 20.4 Å². The van der Waals surface area contributed by atoms with Crippen molar-refractivity contribution < 1.29 is 9.53 Å². The summed E-state index contributed by atoms with van der Waals surface area (Å²) < 4.78 is 6.26. The van der Waals surface area contributed by atoms with Crippen LogP contribution in [0.5, 0.6) is 5.75 Å². The summed E-state index contributed by atoms with van der Waals surface area (Å²) in [6.07, 6.45) is 0. The Morgan fingerprint density at radius 1 is 1.10 bits per heavy atom. The van der Waals surface area contributed by atoms with Gasteiger partial charge in [0.25, 0.3) is 0 Å². The van der Waals surface area contributed by atoms with Crippen LogP contribution < -0.4 is 19.9 Å². The van der Waals surface area contributed by atoms with Crippen molar-refractivity contribution in [2.45, 2.75) is 11.3 Å². The lowest BCUT2D eigenvalue weighted by molar-refractivity contribution is -0.113. The lowest BCUT2D eigenvalue weighted by atomic mass is 10.2. The van der Waals surface area contributed by atoms with Crippen molar-refractivity contribution in [3.63, 3.8) is 0 Å². The Morgan fingerprint density at radius 2 is 1.87 bits per heavy atom. The number of para-hydroxylation sites is 2. The Bertz CT molecular complexity index is 1000. The number of benzene rings is 1. The van der Waals surface area contributed by atoms with Gasteiger partial charge in [-0.2, -0.15) is 0 Å². The van der Waals surface area contributed by atoms with Crippen LogP contribution in [0.1, 0.15) is 5.01 Å². The second-order valence-corrected chi connectivity index (χ2v) is 9.82.